The van der Waals surface area contributed by atoms with Crippen molar-refractivity contribution in [1.82, 2.24) is 21.3 Å². The van der Waals surface area contributed by atoms with Gasteiger partial charge in [-0.05, 0) is 59.0 Å². The highest BCUT2D eigenvalue weighted by Crippen LogP contribution is 2.11. The molecule has 0 rings (SSSR count). The van der Waals surface area contributed by atoms with Crippen LogP contribution in [0, 0.1) is 11.8 Å². The van der Waals surface area contributed by atoms with Gasteiger partial charge in [0.2, 0.25) is 17.7 Å². The van der Waals surface area contributed by atoms with Crippen molar-refractivity contribution in [1.29, 1.82) is 0 Å². The number of unbranched alkanes of at least 4 members (excludes halogenated alkanes) is 4. The van der Waals surface area contributed by atoms with Gasteiger partial charge in [-0.25, -0.2) is 0 Å². The summed E-state index contributed by atoms with van der Waals surface area (Å²) in [4.78, 5) is 48.7. The van der Waals surface area contributed by atoms with Crippen molar-refractivity contribution in [2.24, 2.45) is 11.8 Å². The second-order valence-corrected chi connectivity index (χ2v) is 9.49. The lowest BCUT2D eigenvalue weighted by atomic mass is 10.0. The van der Waals surface area contributed by atoms with Gasteiger partial charge in [0.05, 0.1) is 0 Å². The van der Waals surface area contributed by atoms with E-state index in [1.165, 1.54) is 6.92 Å². The van der Waals surface area contributed by atoms with Crippen LogP contribution in [0.2, 0.25) is 0 Å². The van der Waals surface area contributed by atoms with E-state index in [9.17, 15) is 19.2 Å². The number of carbonyl (C=O) groups is 4. The standard InChI is InChI=1S/C26H50N4O4.H2/c1-6-7-8-13-20(2)24(32)28-18-12-10-15-23(26(34)29-19-16-22(4)31)30-25(33)21(3)14-9-11-17-27-5;/h20-21,23,27H,6-19H2,1-5H3,(H,28,32)(H,29,34)(H,30,33);1H/t20-,21-,23-;/m0./s1. The first-order valence-electron chi connectivity index (χ1n) is 13.2. The zero-order chi connectivity index (χ0) is 25.8. The Hall–Kier alpha value is -1.96. The van der Waals surface area contributed by atoms with Gasteiger partial charge in [0.25, 0.3) is 0 Å². The van der Waals surface area contributed by atoms with Crippen LogP contribution in [0.4, 0.5) is 0 Å². The van der Waals surface area contributed by atoms with Crippen LogP contribution in [0.5, 0.6) is 0 Å². The summed E-state index contributed by atoms with van der Waals surface area (Å²) < 4.78 is 0. The summed E-state index contributed by atoms with van der Waals surface area (Å²) in [6, 6.07) is -0.636. The smallest absolute Gasteiger partial charge is 0.242 e. The number of amides is 3. The molecule has 0 aliphatic heterocycles. The molecule has 0 unspecified atom stereocenters. The van der Waals surface area contributed by atoms with E-state index in [0.717, 1.165) is 57.9 Å². The van der Waals surface area contributed by atoms with Crippen molar-refractivity contribution in [3.05, 3.63) is 0 Å². The maximum Gasteiger partial charge on any atom is 0.242 e. The van der Waals surface area contributed by atoms with Gasteiger partial charge in [-0.15, -0.1) is 0 Å². The summed E-state index contributed by atoms with van der Waals surface area (Å²) in [6.45, 7) is 9.23. The van der Waals surface area contributed by atoms with Gasteiger partial charge >= 0.3 is 0 Å². The number of rotatable bonds is 21. The maximum absolute atomic E-state index is 12.7. The summed E-state index contributed by atoms with van der Waals surface area (Å²) >= 11 is 0. The largest absolute Gasteiger partial charge is 0.356 e. The van der Waals surface area contributed by atoms with Crippen LogP contribution in [0.1, 0.15) is 99.8 Å². The number of nitrogens with one attached hydrogen (secondary N) is 4. The third-order valence-electron chi connectivity index (χ3n) is 6.08. The summed E-state index contributed by atoms with van der Waals surface area (Å²) in [6.07, 6.45) is 9.19. The van der Waals surface area contributed by atoms with E-state index in [1.807, 2.05) is 20.9 Å². The van der Waals surface area contributed by atoms with Gasteiger partial charge in [0.1, 0.15) is 11.8 Å². The molecule has 34 heavy (non-hydrogen) atoms. The molecule has 200 valence electrons. The molecule has 0 aromatic carbocycles. The first kappa shape index (κ1) is 32.0. The van der Waals surface area contributed by atoms with E-state index in [2.05, 4.69) is 28.2 Å². The van der Waals surface area contributed by atoms with Crippen LogP contribution in [-0.4, -0.2) is 56.2 Å². The molecule has 0 aliphatic rings. The Morgan fingerprint density at radius 2 is 1.26 bits per heavy atom. The Labute approximate surface area is 208 Å². The van der Waals surface area contributed by atoms with Gasteiger partial charge in [-0.1, -0.05) is 46.5 Å². The lowest BCUT2D eigenvalue weighted by Crippen LogP contribution is -2.48. The highest BCUT2D eigenvalue weighted by molar-refractivity contribution is 5.88. The lowest BCUT2D eigenvalue weighted by molar-refractivity contribution is -0.131. The van der Waals surface area contributed by atoms with Gasteiger partial charge in [0.15, 0.2) is 0 Å². The summed E-state index contributed by atoms with van der Waals surface area (Å²) in [5.74, 6) is -0.445. The molecule has 0 fully saturated rings. The van der Waals surface area contributed by atoms with Crippen molar-refractivity contribution in [3.8, 4) is 0 Å². The number of hydrogen-bond acceptors (Lipinski definition) is 5. The Kier molecular flexibility index (Phi) is 19.2. The molecule has 8 nitrogen and oxygen atoms in total. The highest BCUT2D eigenvalue weighted by Gasteiger charge is 2.23. The average Bonchev–Trinajstić information content (AvgIpc) is 2.80. The van der Waals surface area contributed by atoms with Crippen LogP contribution in [0.25, 0.3) is 0 Å². The summed E-state index contributed by atoms with van der Waals surface area (Å²) in [7, 11) is 1.91. The van der Waals surface area contributed by atoms with Crippen molar-refractivity contribution in [2.45, 2.75) is 104 Å². The van der Waals surface area contributed by atoms with Crippen LogP contribution in [-0.2, 0) is 19.2 Å². The predicted molar refractivity (Wildman–Crippen MR) is 139 cm³/mol. The van der Waals surface area contributed by atoms with E-state index in [1.54, 1.807) is 0 Å². The van der Waals surface area contributed by atoms with E-state index in [-0.39, 0.29) is 49.7 Å². The minimum Gasteiger partial charge on any atom is -0.356 e. The predicted octanol–water partition coefficient (Wildman–Crippen LogP) is 3.34. The summed E-state index contributed by atoms with van der Waals surface area (Å²) in [5, 5.41) is 11.7. The van der Waals surface area contributed by atoms with E-state index >= 15 is 0 Å². The Morgan fingerprint density at radius 1 is 0.706 bits per heavy atom. The van der Waals surface area contributed by atoms with Crippen molar-refractivity contribution in [2.75, 3.05) is 26.7 Å². The van der Waals surface area contributed by atoms with Crippen LogP contribution < -0.4 is 21.3 Å². The molecule has 0 spiro atoms. The molecule has 8 heteroatoms. The van der Waals surface area contributed by atoms with Crippen molar-refractivity contribution < 1.29 is 20.6 Å². The van der Waals surface area contributed by atoms with Crippen LogP contribution in [0.3, 0.4) is 0 Å². The molecule has 0 radical (unpaired) electrons. The molecule has 0 aromatic heterocycles. The Balaban J connectivity index is 0. The molecule has 0 aromatic rings. The fourth-order valence-corrected chi connectivity index (χ4v) is 3.64. The second-order valence-electron chi connectivity index (χ2n) is 9.49. The normalized spacial score (nSPS) is 13.6. The minimum absolute atomic E-state index is 0. The SMILES string of the molecule is CCCCC[C@H](C)C(=O)NCCCC[C@H](NC(=O)[C@@H](C)CCCCNC)C(=O)NCCC(C)=O.[HH]. The molecule has 0 heterocycles. The molecular formula is C26H52N4O4. The highest BCUT2D eigenvalue weighted by atomic mass is 16.2. The first-order chi connectivity index (χ1) is 16.2. The second kappa shape index (κ2) is 20.4. The molecule has 0 saturated heterocycles. The lowest BCUT2D eigenvalue weighted by Gasteiger charge is -2.21. The maximum atomic E-state index is 12.7. The topological polar surface area (TPSA) is 116 Å². The number of hydrogen-bond donors (Lipinski definition) is 4. The quantitative estimate of drug-likeness (QED) is 0.186. The van der Waals surface area contributed by atoms with E-state index in [0.29, 0.717) is 19.4 Å². The van der Waals surface area contributed by atoms with Gasteiger partial charge < -0.3 is 21.3 Å². The van der Waals surface area contributed by atoms with Crippen molar-refractivity contribution >= 4 is 23.5 Å². The molecule has 0 aliphatic carbocycles. The Bertz CT molecular complexity index is 604. The van der Waals surface area contributed by atoms with Crippen molar-refractivity contribution in [3.63, 3.8) is 0 Å². The molecule has 3 amide bonds. The fraction of sp³-hybridized carbons (Fsp3) is 0.846. The zero-order valence-corrected chi connectivity index (χ0v) is 22.3. The first-order valence-corrected chi connectivity index (χ1v) is 13.2. The molecule has 3 atom stereocenters. The van der Waals surface area contributed by atoms with Gasteiger partial charge in [-0.3, -0.25) is 19.2 Å². The molecule has 4 N–H and O–H groups in total. The minimum atomic E-state index is -0.636. The number of carbonyl (C=O) groups excluding carboxylic acids is 4. The molecule has 0 saturated carbocycles. The van der Waals surface area contributed by atoms with E-state index in [4.69, 9.17) is 0 Å². The van der Waals surface area contributed by atoms with Gasteiger partial charge in [-0.2, -0.15) is 0 Å². The van der Waals surface area contributed by atoms with Gasteiger partial charge in [0, 0.05) is 32.8 Å². The third kappa shape index (κ3) is 16.6. The Morgan fingerprint density at radius 3 is 1.88 bits per heavy atom. The summed E-state index contributed by atoms with van der Waals surface area (Å²) in [5.41, 5.74) is 0. The molecule has 0 bridgehead atoms. The average molecular weight is 485 g/mol. The third-order valence-corrected chi connectivity index (χ3v) is 6.08. The van der Waals surface area contributed by atoms with Crippen LogP contribution in [0.15, 0.2) is 0 Å². The van der Waals surface area contributed by atoms with Crippen LogP contribution >= 0.6 is 0 Å². The fourth-order valence-electron chi connectivity index (χ4n) is 3.64. The van der Waals surface area contributed by atoms with E-state index < -0.39 is 6.04 Å². The monoisotopic (exact) mass is 484 g/mol. The number of ketones is 1. The number of Topliss-reactive ketones (excluding diaryl/α,β-unsaturated/α-hetero) is 1. The zero-order valence-electron chi connectivity index (χ0n) is 22.3. The molecular weight excluding hydrogens is 432 g/mol.